The Bertz CT molecular complexity index is 836. The molecule has 1 amide bonds. The standard InChI is InChI=1S/C16H20N4O3S2/c1-2-14-18-19-16(24-14)17-15(21)12-7-6-10-20(11-12)25(22,23)13-8-4-3-5-9-13/h3-5,8-9,12H,2,6-7,10-11H2,1H3,(H,17,19,21)/t12-/m0/s1. The van der Waals surface area contributed by atoms with Gasteiger partial charge in [-0.1, -0.05) is 36.5 Å². The molecule has 2 aromatic rings. The van der Waals surface area contributed by atoms with Gasteiger partial charge >= 0.3 is 0 Å². The molecular formula is C16H20N4O3S2. The molecule has 1 aliphatic heterocycles. The normalized spacial score (nSPS) is 18.8. The number of nitrogens with one attached hydrogen (secondary N) is 1. The maximum Gasteiger partial charge on any atom is 0.243 e. The zero-order valence-corrected chi connectivity index (χ0v) is 15.5. The van der Waals surface area contributed by atoms with E-state index in [1.807, 2.05) is 6.92 Å². The number of hydrogen-bond acceptors (Lipinski definition) is 6. The minimum atomic E-state index is -3.57. The quantitative estimate of drug-likeness (QED) is 0.858. The lowest BCUT2D eigenvalue weighted by Crippen LogP contribution is -2.43. The van der Waals surface area contributed by atoms with Crippen molar-refractivity contribution in [1.29, 1.82) is 0 Å². The van der Waals surface area contributed by atoms with Crippen molar-refractivity contribution < 1.29 is 13.2 Å². The molecular weight excluding hydrogens is 360 g/mol. The molecule has 1 aromatic carbocycles. The van der Waals surface area contributed by atoms with Gasteiger partial charge in [0, 0.05) is 13.1 Å². The van der Waals surface area contributed by atoms with Gasteiger partial charge in [0.15, 0.2) is 0 Å². The fourth-order valence-corrected chi connectivity index (χ4v) is 5.00. The van der Waals surface area contributed by atoms with Crippen molar-refractivity contribution >= 4 is 32.4 Å². The van der Waals surface area contributed by atoms with Gasteiger partial charge in [0.25, 0.3) is 0 Å². The Morgan fingerprint density at radius 3 is 2.76 bits per heavy atom. The van der Waals surface area contributed by atoms with Crippen LogP contribution in [0.15, 0.2) is 35.2 Å². The van der Waals surface area contributed by atoms with Crippen LogP contribution in [-0.4, -0.2) is 41.9 Å². The summed E-state index contributed by atoms with van der Waals surface area (Å²) in [5.41, 5.74) is 0. The molecule has 3 rings (SSSR count). The second-order valence-corrected chi connectivity index (χ2v) is 8.86. The van der Waals surface area contributed by atoms with Crippen LogP contribution >= 0.6 is 11.3 Å². The van der Waals surface area contributed by atoms with E-state index >= 15 is 0 Å². The molecule has 1 atom stereocenters. The average Bonchev–Trinajstić information content (AvgIpc) is 3.10. The summed E-state index contributed by atoms with van der Waals surface area (Å²) < 4.78 is 26.9. The first kappa shape index (κ1) is 18.0. The molecule has 1 aromatic heterocycles. The first-order valence-electron chi connectivity index (χ1n) is 8.19. The van der Waals surface area contributed by atoms with E-state index < -0.39 is 10.0 Å². The van der Waals surface area contributed by atoms with Crippen LogP contribution in [0.3, 0.4) is 0 Å². The maximum absolute atomic E-state index is 12.7. The van der Waals surface area contributed by atoms with Crippen molar-refractivity contribution in [2.24, 2.45) is 5.92 Å². The van der Waals surface area contributed by atoms with Crippen LogP contribution in [-0.2, 0) is 21.2 Å². The van der Waals surface area contributed by atoms with Gasteiger partial charge in [0.2, 0.25) is 21.1 Å². The van der Waals surface area contributed by atoms with Gasteiger partial charge in [-0.15, -0.1) is 10.2 Å². The Labute approximate surface area is 151 Å². The van der Waals surface area contributed by atoms with Crippen molar-refractivity contribution in [1.82, 2.24) is 14.5 Å². The van der Waals surface area contributed by atoms with E-state index in [0.717, 1.165) is 11.4 Å². The van der Waals surface area contributed by atoms with Gasteiger partial charge in [-0.05, 0) is 31.4 Å². The number of rotatable bonds is 5. The summed E-state index contributed by atoms with van der Waals surface area (Å²) in [6.45, 7) is 2.59. The number of carbonyl (C=O) groups excluding carboxylic acids is 1. The van der Waals surface area contributed by atoms with Gasteiger partial charge < -0.3 is 5.32 Å². The molecule has 2 heterocycles. The predicted octanol–water partition coefficient (Wildman–Crippen LogP) is 2.14. The fraction of sp³-hybridized carbons (Fsp3) is 0.438. The van der Waals surface area contributed by atoms with Crippen LogP contribution in [0.2, 0.25) is 0 Å². The Morgan fingerprint density at radius 1 is 1.32 bits per heavy atom. The van der Waals surface area contributed by atoms with E-state index in [4.69, 9.17) is 0 Å². The molecule has 0 bridgehead atoms. The van der Waals surface area contributed by atoms with Crippen LogP contribution < -0.4 is 5.32 Å². The fourth-order valence-electron chi connectivity index (χ4n) is 2.77. The highest BCUT2D eigenvalue weighted by Gasteiger charge is 2.33. The Hall–Kier alpha value is -1.84. The lowest BCUT2D eigenvalue weighted by Gasteiger charge is -2.31. The highest BCUT2D eigenvalue weighted by atomic mass is 32.2. The van der Waals surface area contributed by atoms with Gasteiger partial charge in [0.05, 0.1) is 10.8 Å². The minimum Gasteiger partial charge on any atom is -0.300 e. The second kappa shape index (κ2) is 7.59. The summed E-state index contributed by atoms with van der Waals surface area (Å²) in [5, 5.41) is 12.0. The maximum atomic E-state index is 12.7. The van der Waals surface area contributed by atoms with Gasteiger partial charge in [0.1, 0.15) is 5.01 Å². The van der Waals surface area contributed by atoms with Crippen LogP contribution in [0, 0.1) is 5.92 Å². The van der Waals surface area contributed by atoms with Gasteiger partial charge in [-0.25, -0.2) is 8.42 Å². The van der Waals surface area contributed by atoms with E-state index in [0.29, 0.717) is 24.5 Å². The molecule has 1 N–H and O–H groups in total. The van der Waals surface area contributed by atoms with E-state index in [2.05, 4.69) is 15.5 Å². The number of sulfonamides is 1. The second-order valence-electron chi connectivity index (χ2n) is 5.86. The van der Waals surface area contributed by atoms with Crippen molar-refractivity contribution in [2.45, 2.75) is 31.1 Å². The van der Waals surface area contributed by atoms with Crippen LogP contribution in [0.25, 0.3) is 0 Å². The third-order valence-corrected chi connectivity index (χ3v) is 7.00. The number of piperidine rings is 1. The van der Waals surface area contributed by atoms with Crippen molar-refractivity contribution in [3.05, 3.63) is 35.3 Å². The number of carbonyl (C=O) groups is 1. The van der Waals surface area contributed by atoms with E-state index in [1.165, 1.54) is 15.6 Å². The molecule has 134 valence electrons. The van der Waals surface area contributed by atoms with Gasteiger partial charge in [-0.3, -0.25) is 4.79 Å². The first-order valence-corrected chi connectivity index (χ1v) is 10.4. The highest BCUT2D eigenvalue weighted by Crippen LogP contribution is 2.25. The van der Waals surface area contributed by atoms with Crippen LogP contribution in [0.4, 0.5) is 5.13 Å². The third kappa shape index (κ3) is 4.05. The number of aromatic nitrogens is 2. The Balaban J connectivity index is 1.69. The number of anilines is 1. The van der Waals surface area contributed by atoms with E-state index in [-0.39, 0.29) is 23.3 Å². The van der Waals surface area contributed by atoms with Crippen LogP contribution in [0.5, 0.6) is 0 Å². The molecule has 1 saturated heterocycles. The van der Waals surface area contributed by atoms with Gasteiger partial charge in [-0.2, -0.15) is 4.31 Å². The monoisotopic (exact) mass is 380 g/mol. The molecule has 0 radical (unpaired) electrons. The summed E-state index contributed by atoms with van der Waals surface area (Å²) in [7, 11) is -3.57. The molecule has 25 heavy (non-hydrogen) atoms. The Kier molecular flexibility index (Phi) is 5.45. The zero-order chi connectivity index (χ0) is 17.9. The first-order chi connectivity index (χ1) is 12.0. The summed E-state index contributed by atoms with van der Waals surface area (Å²) in [4.78, 5) is 12.7. The zero-order valence-electron chi connectivity index (χ0n) is 13.9. The van der Waals surface area contributed by atoms with Crippen molar-refractivity contribution in [2.75, 3.05) is 18.4 Å². The number of benzene rings is 1. The topological polar surface area (TPSA) is 92.3 Å². The number of hydrogen-bond donors (Lipinski definition) is 1. The number of amides is 1. The molecule has 7 nitrogen and oxygen atoms in total. The van der Waals surface area contributed by atoms with Crippen molar-refractivity contribution in [3.63, 3.8) is 0 Å². The summed E-state index contributed by atoms with van der Waals surface area (Å²) in [5.74, 6) is -0.590. The Morgan fingerprint density at radius 2 is 2.08 bits per heavy atom. The lowest BCUT2D eigenvalue weighted by molar-refractivity contribution is -0.120. The van der Waals surface area contributed by atoms with E-state index in [9.17, 15) is 13.2 Å². The molecule has 0 spiro atoms. The molecule has 0 saturated carbocycles. The summed E-state index contributed by atoms with van der Waals surface area (Å²) in [6.07, 6.45) is 2.08. The average molecular weight is 380 g/mol. The van der Waals surface area contributed by atoms with Crippen LogP contribution in [0.1, 0.15) is 24.8 Å². The lowest BCUT2D eigenvalue weighted by atomic mass is 9.99. The molecule has 0 unspecified atom stereocenters. The highest BCUT2D eigenvalue weighted by molar-refractivity contribution is 7.89. The number of aryl methyl sites for hydroxylation is 1. The van der Waals surface area contributed by atoms with Crippen molar-refractivity contribution in [3.8, 4) is 0 Å². The third-order valence-electron chi connectivity index (χ3n) is 4.14. The summed E-state index contributed by atoms with van der Waals surface area (Å²) >= 11 is 1.34. The SMILES string of the molecule is CCc1nnc(NC(=O)[C@H]2CCCN(S(=O)(=O)c3ccccc3)C2)s1. The molecule has 1 fully saturated rings. The molecule has 0 aliphatic carbocycles. The minimum absolute atomic E-state index is 0.183. The molecule has 1 aliphatic rings. The van der Waals surface area contributed by atoms with E-state index in [1.54, 1.807) is 30.3 Å². The molecule has 9 heteroatoms. The smallest absolute Gasteiger partial charge is 0.243 e. The predicted molar refractivity (Wildman–Crippen MR) is 95.8 cm³/mol. The summed E-state index contributed by atoms with van der Waals surface area (Å²) in [6, 6.07) is 8.32. The largest absolute Gasteiger partial charge is 0.300 e. The number of nitrogens with zero attached hydrogens (tertiary/aromatic N) is 3.